The summed E-state index contributed by atoms with van der Waals surface area (Å²) in [6.07, 6.45) is 0. The maximum atomic E-state index is 13.4. The van der Waals surface area contributed by atoms with E-state index >= 15 is 0 Å². The van der Waals surface area contributed by atoms with Crippen molar-refractivity contribution in [3.05, 3.63) is 78.9 Å². The van der Waals surface area contributed by atoms with Crippen LogP contribution in [0.15, 0.2) is 88.9 Å². The second kappa shape index (κ2) is 11.0. The van der Waals surface area contributed by atoms with Crippen LogP contribution in [0.25, 0.3) is 17.1 Å². The highest BCUT2D eigenvalue weighted by atomic mass is 32.2. The van der Waals surface area contributed by atoms with Gasteiger partial charge in [-0.05, 0) is 49.4 Å². The fourth-order valence-electron chi connectivity index (χ4n) is 4.73. The first-order valence-electron chi connectivity index (χ1n) is 12.8. The van der Waals surface area contributed by atoms with Crippen LogP contribution in [-0.4, -0.2) is 76.5 Å². The molecule has 0 unspecified atom stereocenters. The number of piperazine rings is 1. The van der Waals surface area contributed by atoms with Crippen LogP contribution in [0, 0.1) is 0 Å². The van der Waals surface area contributed by atoms with Crippen LogP contribution in [0.1, 0.15) is 6.92 Å². The molecule has 1 fully saturated rings. The van der Waals surface area contributed by atoms with E-state index < -0.39 is 15.3 Å². The molecule has 1 aromatic heterocycles. The molecule has 4 aromatic rings. The van der Waals surface area contributed by atoms with Gasteiger partial charge in [0.2, 0.25) is 22.7 Å². The van der Waals surface area contributed by atoms with Gasteiger partial charge in [-0.15, -0.1) is 10.2 Å². The van der Waals surface area contributed by atoms with Crippen LogP contribution in [0.4, 0.5) is 0 Å². The third-order valence-electron chi connectivity index (χ3n) is 6.84. The summed E-state index contributed by atoms with van der Waals surface area (Å²) in [7, 11) is -3.59. The Kier molecular flexibility index (Phi) is 7.22. The second-order valence-corrected chi connectivity index (χ2v) is 12.6. The molecule has 10 nitrogen and oxygen atoms in total. The minimum absolute atomic E-state index is 0.0750. The van der Waals surface area contributed by atoms with Gasteiger partial charge < -0.3 is 14.4 Å². The van der Waals surface area contributed by atoms with Crippen molar-refractivity contribution in [1.82, 2.24) is 24.0 Å². The second-order valence-electron chi connectivity index (χ2n) is 9.35. The normalized spacial score (nSPS) is 16.2. The van der Waals surface area contributed by atoms with Crippen LogP contribution >= 0.6 is 11.8 Å². The molecule has 1 atom stereocenters. The number of benzene rings is 3. The molecule has 40 heavy (non-hydrogen) atoms. The molecule has 206 valence electrons. The monoisotopic (exact) mass is 577 g/mol. The van der Waals surface area contributed by atoms with E-state index in [9.17, 15) is 13.2 Å². The van der Waals surface area contributed by atoms with Crippen molar-refractivity contribution in [1.29, 1.82) is 0 Å². The number of hydrogen-bond donors (Lipinski definition) is 0. The molecule has 2 aliphatic rings. The lowest BCUT2D eigenvalue weighted by molar-refractivity contribution is -0.131. The zero-order valence-electron chi connectivity index (χ0n) is 21.7. The molecule has 0 N–H and O–H groups in total. The number of carbonyl (C=O) groups excluding carboxylic acids is 1. The number of hydrogen-bond acceptors (Lipinski definition) is 8. The number of thioether (sulfide) groups is 1. The maximum Gasteiger partial charge on any atom is 0.243 e. The molecule has 3 aromatic carbocycles. The zero-order chi connectivity index (χ0) is 27.7. The molecule has 2 aliphatic heterocycles. The quantitative estimate of drug-likeness (QED) is 0.306. The lowest BCUT2D eigenvalue weighted by Crippen LogP contribution is -2.52. The number of aromatic nitrogens is 3. The van der Waals surface area contributed by atoms with Gasteiger partial charge in [0.1, 0.15) is 0 Å². The lowest BCUT2D eigenvalue weighted by atomic mass is 10.2. The van der Waals surface area contributed by atoms with Crippen molar-refractivity contribution >= 4 is 27.7 Å². The van der Waals surface area contributed by atoms with Crippen LogP contribution < -0.4 is 9.47 Å². The zero-order valence-corrected chi connectivity index (χ0v) is 23.3. The van der Waals surface area contributed by atoms with Gasteiger partial charge in [-0.25, -0.2) is 8.42 Å². The first kappa shape index (κ1) is 26.4. The summed E-state index contributed by atoms with van der Waals surface area (Å²) in [5.74, 6) is 1.87. The summed E-state index contributed by atoms with van der Waals surface area (Å²) in [5, 5.41) is 9.04. The predicted octanol–water partition coefficient (Wildman–Crippen LogP) is 3.68. The number of carbonyl (C=O) groups is 1. The topological polar surface area (TPSA) is 107 Å². The number of rotatable bonds is 7. The fourth-order valence-corrected chi connectivity index (χ4v) is 7.13. The summed E-state index contributed by atoms with van der Waals surface area (Å²) < 4.78 is 40.3. The molecule has 1 saturated heterocycles. The first-order valence-corrected chi connectivity index (χ1v) is 15.2. The highest BCUT2D eigenvalue weighted by Gasteiger charge is 2.32. The molecule has 3 heterocycles. The van der Waals surface area contributed by atoms with E-state index in [2.05, 4.69) is 10.2 Å². The van der Waals surface area contributed by atoms with E-state index in [1.54, 1.807) is 35.2 Å². The lowest BCUT2D eigenvalue weighted by Gasteiger charge is -2.35. The van der Waals surface area contributed by atoms with Crippen molar-refractivity contribution in [2.45, 2.75) is 22.2 Å². The van der Waals surface area contributed by atoms with Crippen molar-refractivity contribution in [3.8, 4) is 28.6 Å². The van der Waals surface area contributed by atoms with Gasteiger partial charge >= 0.3 is 0 Å². The molecule has 1 amide bonds. The van der Waals surface area contributed by atoms with Gasteiger partial charge in [-0.1, -0.05) is 48.2 Å². The van der Waals surface area contributed by atoms with Gasteiger partial charge in [-0.2, -0.15) is 4.31 Å². The minimum atomic E-state index is -3.59. The Morgan fingerprint density at radius 2 is 1.55 bits per heavy atom. The van der Waals surface area contributed by atoms with Crippen molar-refractivity contribution < 1.29 is 22.7 Å². The molecule has 0 saturated carbocycles. The molecule has 0 spiro atoms. The van der Waals surface area contributed by atoms with Gasteiger partial charge in [-0.3, -0.25) is 9.36 Å². The van der Waals surface area contributed by atoms with E-state index in [1.165, 1.54) is 16.1 Å². The van der Waals surface area contributed by atoms with Crippen LogP contribution in [0.2, 0.25) is 0 Å². The first-order chi connectivity index (χ1) is 19.4. The molecule has 0 bridgehead atoms. The average molecular weight is 578 g/mol. The number of sulfonamides is 1. The minimum Gasteiger partial charge on any atom is -0.454 e. The van der Waals surface area contributed by atoms with Crippen LogP contribution in [-0.2, 0) is 14.8 Å². The number of ether oxygens (including phenoxy) is 2. The number of nitrogens with zero attached hydrogens (tertiary/aromatic N) is 5. The van der Waals surface area contributed by atoms with E-state index in [-0.39, 0.29) is 30.7 Å². The summed E-state index contributed by atoms with van der Waals surface area (Å²) in [6.45, 7) is 3.15. The maximum absolute atomic E-state index is 13.4. The van der Waals surface area contributed by atoms with E-state index in [0.717, 1.165) is 11.3 Å². The third kappa shape index (κ3) is 5.05. The average Bonchev–Trinajstić information content (AvgIpc) is 3.64. The van der Waals surface area contributed by atoms with Crippen molar-refractivity contribution in [2.75, 3.05) is 33.0 Å². The Morgan fingerprint density at radius 1 is 0.875 bits per heavy atom. The molecule has 0 radical (unpaired) electrons. The summed E-state index contributed by atoms with van der Waals surface area (Å²) >= 11 is 1.32. The summed E-state index contributed by atoms with van der Waals surface area (Å²) in [5.41, 5.74) is 1.67. The van der Waals surface area contributed by atoms with E-state index in [0.29, 0.717) is 35.6 Å². The van der Waals surface area contributed by atoms with Gasteiger partial charge in [0.05, 0.1) is 10.1 Å². The van der Waals surface area contributed by atoms with Crippen LogP contribution in [0.3, 0.4) is 0 Å². The Morgan fingerprint density at radius 3 is 2.27 bits per heavy atom. The van der Waals surface area contributed by atoms with E-state index in [4.69, 9.17) is 9.47 Å². The Balaban J connectivity index is 1.19. The number of para-hydroxylation sites is 1. The predicted molar refractivity (Wildman–Crippen MR) is 150 cm³/mol. The van der Waals surface area contributed by atoms with Crippen LogP contribution in [0.5, 0.6) is 11.5 Å². The highest BCUT2D eigenvalue weighted by Crippen LogP contribution is 2.37. The standard InChI is InChI=1S/C28H27N5O5S2/c1-20(27(34)31-14-16-32(17-15-31)40(35,36)23-10-6-3-7-11-23)39-28-30-29-26(33(28)22-8-4-2-5-9-22)21-12-13-24-25(18-21)38-19-37-24/h2-13,18,20H,14-17,19H2,1H3/t20-/m0/s1. The highest BCUT2D eigenvalue weighted by molar-refractivity contribution is 8.00. The smallest absolute Gasteiger partial charge is 0.243 e. The number of amides is 1. The molecule has 12 heteroatoms. The fraction of sp³-hybridized carbons (Fsp3) is 0.250. The molecule has 0 aliphatic carbocycles. The van der Waals surface area contributed by atoms with Gasteiger partial charge in [0.15, 0.2) is 22.5 Å². The molecular weight excluding hydrogens is 550 g/mol. The van der Waals surface area contributed by atoms with Crippen molar-refractivity contribution in [2.24, 2.45) is 0 Å². The van der Waals surface area contributed by atoms with Gasteiger partial charge in [0.25, 0.3) is 0 Å². The largest absolute Gasteiger partial charge is 0.454 e. The van der Waals surface area contributed by atoms with Crippen molar-refractivity contribution in [3.63, 3.8) is 0 Å². The summed E-state index contributed by atoms with van der Waals surface area (Å²) in [4.78, 5) is 15.4. The SMILES string of the molecule is C[C@H](Sc1nnc(-c2ccc3c(c2)OCO3)n1-c1ccccc1)C(=O)N1CCN(S(=O)(=O)c2ccccc2)CC1. The Bertz CT molecular complexity index is 1620. The number of fused-ring (bicyclic) bond motifs is 1. The summed E-state index contributed by atoms with van der Waals surface area (Å²) in [6, 6.07) is 23.7. The van der Waals surface area contributed by atoms with Gasteiger partial charge in [0, 0.05) is 37.4 Å². The molecular formula is C28H27N5O5S2. The Labute approximate surface area is 236 Å². The molecule has 6 rings (SSSR count). The Hall–Kier alpha value is -3.87. The van der Waals surface area contributed by atoms with E-state index in [1.807, 2.05) is 60.0 Å². The third-order valence-corrected chi connectivity index (χ3v) is 9.78.